The number of Topliss-reactive ketones (excluding diaryl/α,β-unsaturated/α-hetero) is 1. The smallest absolute Gasteiger partial charge is 0.317 e. The van der Waals surface area contributed by atoms with Gasteiger partial charge in [-0.2, -0.15) is 0 Å². The number of methoxy groups -OCH3 is 2. The van der Waals surface area contributed by atoms with Crippen molar-refractivity contribution in [2.24, 2.45) is 0 Å². The zero-order chi connectivity index (χ0) is 26.1. The molecule has 15 nitrogen and oxygen atoms in total. The lowest BCUT2D eigenvalue weighted by atomic mass is 9.68. The van der Waals surface area contributed by atoms with Gasteiger partial charge in [0.05, 0.1) is 20.3 Å². The standard InChI is InChI=1S/C19H27NO14/c1-33-10-5-8-3-4-20-7-15(24,18(28,29)17(27,14(22)23)19(30,31)32)13(21)16(25,26)12(20)9(8)6-11(10)34-2/h5-6,12,14,22-32H,3-4,7H2,1-2H3. The van der Waals surface area contributed by atoms with E-state index >= 15 is 0 Å². The number of carbonyl (C=O) groups is 1. The van der Waals surface area contributed by atoms with Crippen LogP contribution < -0.4 is 9.47 Å². The van der Waals surface area contributed by atoms with Crippen molar-refractivity contribution in [3.8, 4) is 11.5 Å². The fourth-order valence-corrected chi connectivity index (χ4v) is 4.60. The zero-order valence-corrected chi connectivity index (χ0v) is 18.0. The van der Waals surface area contributed by atoms with Crippen LogP contribution in [-0.4, -0.2) is 129 Å². The summed E-state index contributed by atoms with van der Waals surface area (Å²) in [6, 6.07) is 1.23. The Morgan fingerprint density at radius 2 is 1.53 bits per heavy atom. The van der Waals surface area contributed by atoms with Crippen molar-refractivity contribution in [2.45, 2.75) is 47.5 Å². The van der Waals surface area contributed by atoms with Gasteiger partial charge in [-0.3, -0.25) is 9.69 Å². The maximum atomic E-state index is 13.1. The molecule has 34 heavy (non-hydrogen) atoms. The number of aliphatic hydroxyl groups is 11. The maximum Gasteiger partial charge on any atom is 0.317 e. The monoisotopic (exact) mass is 493 g/mol. The number of carbonyl (C=O) groups excluding carboxylic acids is 1. The second-order valence-electron chi connectivity index (χ2n) is 8.39. The first kappa shape index (κ1) is 26.6. The molecule has 1 saturated heterocycles. The highest BCUT2D eigenvalue weighted by Gasteiger charge is 2.79. The van der Waals surface area contributed by atoms with Crippen LogP contribution in [0.15, 0.2) is 12.1 Å². The summed E-state index contributed by atoms with van der Waals surface area (Å²) in [6.45, 7) is -1.35. The van der Waals surface area contributed by atoms with Gasteiger partial charge in [-0.05, 0) is 29.7 Å². The van der Waals surface area contributed by atoms with Crippen molar-refractivity contribution in [1.29, 1.82) is 0 Å². The minimum Gasteiger partial charge on any atom is -0.493 e. The van der Waals surface area contributed by atoms with Gasteiger partial charge >= 0.3 is 5.97 Å². The molecule has 3 unspecified atom stereocenters. The highest BCUT2D eigenvalue weighted by molar-refractivity contribution is 5.96. The number of ether oxygens (including phenoxy) is 2. The van der Waals surface area contributed by atoms with Gasteiger partial charge in [-0.25, -0.2) is 0 Å². The number of aliphatic hydroxyl groups excluding tert-OH is 1. The lowest BCUT2D eigenvalue weighted by Crippen LogP contribution is -2.86. The first-order chi connectivity index (χ1) is 15.4. The molecule has 11 N–H and O–H groups in total. The third-order valence-corrected chi connectivity index (χ3v) is 6.49. The number of nitrogens with zero attached hydrogens (tertiary/aromatic N) is 1. The van der Waals surface area contributed by atoms with Gasteiger partial charge in [0.25, 0.3) is 5.60 Å². The van der Waals surface area contributed by atoms with Gasteiger partial charge in [0, 0.05) is 13.1 Å². The lowest BCUT2D eigenvalue weighted by molar-refractivity contribution is -0.499. The van der Waals surface area contributed by atoms with Crippen LogP contribution >= 0.6 is 0 Å². The van der Waals surface area contributed by atoms with Gasteiger partial charge < -0.3 is 65.6 Å². The Balaban J connectivity index is 2.17. The van der Waals surface area contributed by atoms with E-state index in [-0.39, 0.29) is 24.3 Å². The molecular weight excluding hydrogens is 466 g/mol. The molecule has 0 saturated carbocycles. The van der Waals surface area contributed by atoms with Gasteiger partial charge in [-0.1, -0.05) is 0 Å². The Hall–Kier alpha value is -1.99. The summed E-state index contributed by atoms with van der Waals surface area (Å²) >= 11 is 0. The average Bonchev–Trinajstić information content (AvgIpc) is 2.74. The van der Waals surface area contributed by atoms with Crippen LogP contribution in [0.3, 0.4) is 0 Å². The number of hydrogen-bond acceptors (Lipinski definition) is 15. The minimum atomic E-state index is -4.72. The van der Waals surface area contributed by atoms with Crippen LogP contribution in [0.2, 0.25) is 0 Å². The summed E-state index contributed by atoms with van der Waals surface area (Å²) in [5.74, 6) is -14.7. The Bertz CT molecular complexity index is 972. The van der Waals surface area contributed by atoms with Crippen LogP contribution in [0.25, 0.3) is 0 Å². The zero-order valence-electron chi connectivity index (χ0n) is 18.0. The summed E-state index contributed by atoms with van der Waals surface area (Å²) in [6.07, 6.45) is -3.43. The topological polar surface area (TPSA) is 261 Å². The predicted octanol–water partition coefficient (Wildman–Crippen LogP) is -6.05. The number of hydrogen-bond donors (Lipinski definition) is 11. The lowest BCUT2D eigenvalue weighted by Gasteiger charge is -2.57. The molecule has 0 bridgehead atoms. The minimum absolute atomic E-state index is 0.129. The number of ketones is 1. The first-order valence-electron chi connectivity index (χ1n) is 9.83. The molecule has 0 aromatic heterocycles. The van der Waals surface area contributed by atoms with Crippen molar-refractivity contribution in [1.82, 2.24) is 4.90 Å². The summed E-state index contributed by atoms with van der Waals surface area (Å²) in [4.78, 5) is 14.1. The molecule has 0 aliphatic carbocycles. The second-order valence-corrected chi connectivity index (χ2v) is 8.39. The molecule has 2 aliphatic rings. The number of benzene rings is 1. The number of piperidine rings is 1. The summed E-state index contributed by atoms with van der Waals surface area (Å²) in [5.41, 5.74) is -7.92. The van der Waals surface area contributed by atoms with E-state index in [0.29, 0.717) is 11.3 Å². The predicted molar refractivity (Wildman–Crippen MR) is 104 cm³/mol. The first-order valence-corrected chi connectivity index (χ1v) is 9.83. The fourth-order valence-electron chi connectivity index (χ4n) is 4.60. The molecular formula is C19H27NO14. The normalized spacial score (nSPS) is 27.1. The quantitative estimate of drug-likeness (QED) is 0.165. The van der Waals surface area contributed by atoms with E-state index in [1.807, 2.05) is 0 Å². The van der Waals surface area contributed by atoms with E-state index in [1.54, 1.807) is 0 Å². The van der Waals surface area contributed by atoms with E-state index in [0.717, 1.165) is 4.90 Å². The van der Waals surface area contributed by atoms with E-state index in [2.05, 4.69) is 0 Å². The van der Waals surface area contributed by atoms with E-state index in [1.165, 1.54) is 26.4 Å². The Labute approximate surface area is 191 Å². The molecule has 3 rings (SSSR count). The molecule has 1 aromatic rings. The molecule has 192 valence electrons. The second kappa shape index (κ2) is 8.02. The van der Waals surface area contributed by atoms with Crippen LogP contribution in [0.5, 0.6) is 11.5 Å². The molecule has 0 radical (unpaired) electrons. The van der Waals surface area contributed by atoms with Crippen LogP contribution in [0.4, 0.5) is 0 Å². The molecule has 3 atom stereocenters. The van der Waals surface area contributed by atoms with Crippen molar-refractivity contribution >= 4 is 5.78 Å². The third-order valence-electron chi connectivity index (χ3n) is 6.49. The van der Waals surface area contributed by atoms with Crippen molar-refractivity contribution < 1.29 is 70.4 Å². The van der Waals surface area contributed by atoms with E-state index in [9.17, 15) is 61.0 Å². The molecule has 0 spiro atoms. The van der Waals surface area contributed by atoms with Gasteiger partial charge in [0.1, 0.15) is 0 Å². The molecule has 1 aromatic carbocycles. The Morgan fingerprint density at radius 1 is 1.00 bits per heavy atom. The maximum absolute atomic E-state index is 13.1. The van der Waals surface area contributed by atoms with Gasteiger partial charge in [0.15, 0.2) is 23.4 Å². The molecule has 2 aliphatic heterocycles. The fraction of sp³-hybridized carbons (Fsp3) is 0.632. The Morgan fingerprint density at radius 3 is 2.00 bits per heavy atom. The van der Waals surface area contributed by atoms with Gasteiger partial charge in [0.2, 0.25) is 17.4 Å². The number of rotatable bonds is 6. The third kappa shape index (κ3) is 3.34. The summed E-state index contributed by atoms with van der Waals surface area (Å²) in [7, 11) is 2.67. The molecule has 2 heterocycles. The summed E-state index contributed by atoms with van der Waals surface area (Å²) in [5, 5.41) is 111. The van der Waals surface area contributed by atoms with Crippen LogP contribution in [0, 0.1) is 0 Å². The largest absolute Gasteiger partial charge is 0.493 e. The Kier molecular flexibility index (Phi) is 6.28. The SMILES string of the molecule is COc1cc2c(cc1OC)C1N(CC2)CC(O)(C(O)(O)C(O)(C(O)O)C(O)(O)O)C(=O)C1(O)O. The van der Waals surface area contributed by atoms with E-state index < -0.39 is 53.4 Å². The van der Waals surface area contributed by atoms with Crippen molar-refractivity contribution in [2.75, 3.05) is 27.3 Å². The molecule has 0 amide bonds. The van der Waals surface area contributed by atoms with E-state index in [4.69, 9.17) is 9.47 Å². The average molecular weight is 493 g/mol. The van der Waals surface area contributed by atoms with Crippen LogP contribution in [0.1, 0.15) is 17.2 Å². The molecule has 1 fully saturated rings. The van der Waals surface area contributed by atoms with Crippen LogP contribution in [-0.2, 0) is 11.2 Å². The van der Waals surface area contributed by atoms with Crippen molar-refractivity contribution in [3.63, 3.8) is 0 Å². The highest BCUT2D eigenvalue weighted by atomic mass is 16.7. The van der Waals surface area contributed by atoms with Crippen molar-refractivity contribution in [3.05, 3.63) is 23.3 Å². The van der Waals surface area contributed by atoms with Gasteiger partial charge in [-0.15, -0.1) is 0 Å². The summed E-state index contributed by atoms with van der Waals surface area (Å²) < 4.78 is 10.4. The highest BCUT2D eigenvalue weighted by Crippen LogP contribution is 2.50. The number of fused-ring (bicyclic) bond motifs is 3. The molecule has 15 heteroatoms.